The predicted molar refractivity (Wildman–Crippen MR) is 70.5 cm³/mol. The fourth-order valence-corrected chi connectivity index (χ4v) is 2.10. The van der Waals surface area contributed by atoms with E-state index in [1.54, 1.807) is 12.1 Å². The molecular weight excluding hydrogens is 254 g/mol. The van der Waals surface area contributed by atoms with Crippen molar-refractivity contribution in [1.82, 2.24) is 0 Å². The van der Waals surface area contributed by atoms with E-state index in [2.05, 4.69) is 12.2 Å². The molecule has 0 spiro atoms. The quantitative estimate of drug-likeness (QED) is 0.914. The summed E-state index contributed by atoms with van der Waals surface area (Å²) in [6, 6.07) is 3.30. The maximum absolute atomic E-state index is 11.9. The Morgan fingerprint density at radius 1 is 1.33 bits per heavy atom. The summed E-state index contributed by atoms with van der Waals surface area (Å²) in [5.74, 6) is 1.63. The predicted octanol–water partition coefficient (Wildman–Crippen LogP) is 2.95. The van der Waals surface area contributed by atoms with E-state index in [0.29, 0.717) is 28.1 Å². The number of hydrogen-bond acceptors (Lipinski definition) is 3. The first-order valence-electron chi connectivity index (χ1n) is 5.79. The molecule has 18 heavy (non-hydrogen) atoms. The van der Waals surface area contributed by atoms with Gasteiger partial charge >= 0.3 is 0 Å². The van der Waals surface area contributed by atoms with E-state index in [0.717, 1.165) is 6.42 Å². The average Bonchev–Trinajstić information content (AvgIpc) is 3.08. The van der Waals surface area contributed by atoms with Crippen LogP contribution in [0.1, 0.15) is 13.3 Å². The van der Waals surface area contributed by atoms with Crippen molar-refractivity contribution in [2.24, 2.45) is 11.8 Å². The van der Waals surface area contributed by atoms with Gasteiger partial charge in [-0.2, -0.15) is 0 Å². The summed E-state index contributed by atoms with van der Waals surface area (Å²) in [4.78, 5) is 11.9. The number of amides is 1. The van der Waals surface area contributed by atoms with Crippen molar-refractivity contribution in [2.45, 2.75) is 13.3 Å². The first kappa shape index (κ1) is 13.0. The van der Waals surface area contributed by atoms with Crippen molar-refractivity contribution in [2.75, 3.05) is 19.5 Å². The van der Waals surface area contributed by atoms with Gasteiger partial charge in [0.1, 0.15) is 11.5 Å². The molecule has 0 heterocycles. The number of hydrogen-bond donors (Lipinski definition) is 1. The van der Waals surface area contributed by atoms with Crippen molar-refractivity contribution < 1.29 is 14.3 Å². The number of rotatable bonds is 4. The largest absolute Gasteiger partial charge is 0.495 e. The molecule has 0 aliphatic heterocycles. The number of carbonyl (C=O) groups is 1. The highest BCUT2D eigenvalue weighted by atomic mass is 35.5. The Balaban J connectivity index is 2.22. The Labute approximate surface area is 111 Å². The number of anilines is 1. The highest BCUT2D eigenvalue weighted by Crippen LogP contribution is 2.40. The van der Waals surface area contributed by atoms with Gasteiger partial charge in [0, 0.05) is 18.1 Å². The van der Waals surface area contributed by atoms with Crippen molar-refractivity contribution in [3.63, 3.8) is 0 Å². The second-order valence-electron chi connectivity index (χ2n) is 4.50. The molecule has 1 N–H and O–H groups in total. The van der Waals surface area contributed by atoms with Gasteiger partial charge in [0.15, 0.2) is 0 Å². The average molecular weight is 270 g/mol. The van der Waals surface area contributed by atoms with E-state index in [9.17, 15) is 4.79 Å². The molecule has 4 nitrogen and oxygen atoms in total. The number of ether oxygens (including phenoxy) is 2. The van der Waals surface area contributed by atoms with Crippen LogP contribution in [0.5, 0.6) is 11.5 Å². The van der Waals surface area contributed by atoms with Crippen LogP contribution >= 0.6 is 11.6 Å². The van der Waals surface area contributed by atoms with Crippen LogP contribution in [-0.2, 0) is 4.79 Å². The van der Waals surface area contributed by atoms with E-state index in [1.807, 2.05) is 0 Å². The molecule has 2 atom stereocenters. The molecule has 1 aliphatic carbocycles. The first-order valence-corrected chi connectivity index (χ1v) is 6.17. The van der Waals surface area contributed by atoms with Crippen LogP contribution in [0, 0.1) is 11.8 Å². The van der Waals surface area contributed by atoms with Gasteiger partial charge < -0.3 is 14.8 Å². The lowest BCUT2D eigenvalue weighted by Gasteiger charge is -2.13. The van der Waals surface area contributed by atoms with Crippen LogP contribution in [0.25, 0.3) is 0 Å². The lowest BCUT2D eigenvalue weighted by atomic mass is 10.2. The number of halogens is 1. The Hall–Kier alpha value is -1.42. The third-order valence-corrected chi connectivity index (χ3v) is 3.47. The Morgan fingerprint density at radius 3 is 2.44 bits per heavy atom. The molecule has 1 amide bonds. The third-order valence-electron chi connectivity index (χ3n) is 3.18. The summed E-state index contributed by atoms with van der Waals surface area (Å²) in [7, 11) is 3.07. The van der Waals surface area contributed by atoms with E-state index in [4.69, 9.17) is 21.1 Å². The van der Waals surface area contributed by atoms with Gasteiger partial charge in [0.25, 0.3) is 0 Å². The summed E-state index contributed by atoms with van der Waals surface area (Å²) in [6.45, 7) is 2.06. The maximum Gasteiger partial charge on any atom is 0.227 e. The van der Waals surface area contributed by atoms with Crippen LogP contribution in [0.2, 0.25) is 5.02 Å². The standard InChI is InChI=1S/C13H16ClNO3/c1-7-4-8(7)13(16)15-10-6-11(17-2)9(14)5-12(10)18-3/h5-8H,4H2,1-3H3,(H,15,16). The lowest BCUT2D eigenvalue weighted by molar-refractivity contribution is -0.117. The van der Waals surface area contributed by atoms with Crippen LogP contribution < -0.4 is 14.8 Å². The molecule has 5 heteroatoms. The van der Waals surface area contributed by atoms with Crippen molar-refractivity contribution in [3.8, 4) is 11.5 Å². The van der Waals surface area contributed by atoms with Gasteiger partial charge in [-0.15, -0.1) is 0 Å². The van der Waals surface area contributed by atoms with Crippen molar-refractivity contribution >= 4 is 23.2 Å². The molecule has 1 aromatic carbocycles. The molecule has 0 radical (unpaired) electrons. The van der Waals surface area contributed by atoms with E-state index >= 15 is 0 Å². The van der Waals surface area contributed by atoms with Gasteiger partial charge in [-0.05, 0) is 12.3 Å². The molecule has 1 fully saturated rings. The summed E-state index contributed by atoms with van der Waals surface area (Å²) < 4.78 is 10.3. The minimum Gasteiger partial charge on any atom is -0.495 e. The van der Waals surface area contributed by atoms with Gasteiger partial charge in [0.05, 0.1) is 24.9 Å². The number of nitrogens with one attached hydrogen (secondary N) is 1. The Morgan fingerprint density at radius 2 is 1.94 bits per heavy atom. The molecule has 0 bridgehead atoms. The molecule has 0 aromatic heterocycles. The smallest absolute Gasteiger partial charge is 0.227 e. The second kappa shape index (κ2) is 5.06. The minimum atomic E-state index is 0.0187. The molecule has 1 aliphatic rings. The number of benzene rings is 1. The normalized spacial score (nSPS) is 21.3. The van der Waals surface area contributed by atoms with Crippen LogP contribution in [0.3, 0.4) is 0 Å². The fraction of sp³-hybridized carbons (Fsp3) is 0.462. The molecule has 2 rings (SSSR count). The number of methoxy groups -OCH3 is 2. The van der Waals surface area contributed by atoms with Gasteiger partial charge in [-0.1, -0.05) is 18.5 Å². The number of carbonyl (C=O) groups excluding carboxylic acids is 1. The zero-order valence-electron chi connectivity index (χ0n) is 10.6. The van der Waals surface area contributed by atoms with Gasteiger partial charge in [0.2, 0.25) is 5.91 Å². The summed E-state index contributed by atoms with van der Waals surface area (Å²) in [6.07, 6.45) is 0.943. The Bertz CT molecular complexity index is 476. The van der Waals surface area contributed by atoms with E-state index < -0.39 is 0 Å². The topological polar surface area (TPSA) is 47.6 Å². The third kappa shape index (κ3) is 2.53. The first-order chi connectivity index (χ1) is 8.56. The van der Waals surface area contributed by atoms with E-state index in [1.165, 1.54) is 14.2 Å². The van der Waals surface area contributed by atoms with Crippen molar-refractivity contribution in [3.05, 3.63) is 17.2 Å². The molecular formula is C13H16ClNO3. The zero-order valence-corrected chi connectivity index (χ0v) is 11.4. The highest BCUT2D eigenvalue weighted by molar-refractivity contribution is 6.32. The summed E-state index contributed by atoms with van der Waals surface area (Å²) >= 11 is 6.00. The lowest BCUT2D eigenvalue weighted by Crippen LogP contribution is -2.15. The molecule has 1 aromatic rings. The van der Waals surface area contributed by atoms with Crippen LogP contribution in [-0.4, -0.2) is 20.1 Å². The highest BCUT2D eigenvalue weighted by Gasteiger charge is 2.39. The fourth-order valence-electron chi connectivity index (χ4n) is 1.87. The monoisotopic (exact) mass is 269 g/mol. The van der Waals surface area contributed by atoms with Crippen LogP contribution in [0.4, 0.5) is 5.69 Å². The van der Waals surface area contributed by atoms with E-state index in [-0.39, 0.29) is 11.8 Å². The zero-order chi connectivity index (χ0) is 13.3. The van der Waals surface area contributed by atoms with Gasteiger partial charge in [-0.3, -0.25) is 4.79 Å². The molecule has 1 saturated carbocycles. The Kier molecular flexibility index (Phi) is 3.66. The van der Waals surface area contributed by atoms with Crippen LogP contribution in [0.15, 0.2) is 12.1 Å². The molecule has 2 unspecified atom stereocenters. The molecule has 0 saturated heterocycles. The molecule has 98 valence electrons. The SMILES string of the molecule is COc1cc(NC(=O)C2CC2C)c(OC)cc1Cl. The maximum atomic E-state index is 11.9. The summed E-state index contributed by atoms with van der Waals surface area (Å²) in [5, 5.41) is 3.30. The second-order valence-corrected chi connectivity index (χ2v) is 4.90. The summed E-state index contributed by atoms with van der Waals surface area (Å²) in [5.41, 5.74) is 0.586. The minimum absolute atomic E-state index is 0.0187. The van der Waals surface area contributed by atoms with Crippen molar-refractivity contribution in [1.29, 1.82) is 0 Å². The van der Waals surface area contributed by atoms with Gasteiger partial charge in [-0.25, -0.2) is 0 Å².